The van der Waals surface area contributed by atoms with Gasteiger partial charge in [0.25, 0.3) is 0 Å². The fraction of sp³-hybridized carbons (Fsp3) is 0.364. The maximum atomic E-state index is 11.5. The lowest BCUT2D eigenvalue weighted by Gasteiger charge is -2.32. The van der Waals surface area contributed by atoms with Crippen molar-refractivity contribution in [3.63, 3.8) is 0 Å². The van der Waals surface area contributed by atoms with Crippen LogP contribution in [0.1, 0.15) is 28.0 Å². The van der Waals surface area contributed by atoms with Gasteiger partial charge < -0.3 is 19.0 Å². The molecule has 3 heterocycles. The minimum absolute atomic E-state index is 0.208. The molecule has 1 saturated heterocycles. The molecule has 0 bridgehead atoms. The number of hydrogen-bond donors (Lipinski definition) is 1. The molecule has 0 radical (unpaired) electrons. The summed E-state index contributed by atoms with van der Waals surface area (Å²) in [5.74, 6) is 0.599. The first-order valence-electron chi connectivity index (χ1n) is 9.82. The highest BCUT2D eigenvalue weighted by molar-refractivity contribution is 7.09. The van der Waals surface area contributed by atoms with Crippen LogP contribution in [0.15, 0.2) is 52.6 Å². The van der Waals surface area contributed by atoms with E-state index in [0.717, 1.165) is 22.8 Å². The van der Waals surface area contributed by atoms with Gasteiger partial charge in [-0.3, -0.25) is 9.69 Å². The van der Waals surface area contributed by atoms with Gasteiger partial charge in [0.2, 0.25) is 0 Å². The number of benzene rings is 1. The first-order chi connectivity index (χ1) is 14.6. The van der Waals surface area contributed by atoms with E-state index in [9.17, 15) is 9.90 Å². The number of nitrogens with zero attached hydrogens (tertiary/aromatic N) is 2. The van der Waals surface area contributed by atoms with E-state index in [1.54, 1.807) is 11.3 Å². The Balaban J connectivity index is 1.51. The van der Waals surface area contributed by atoms with Crippen LogP contribution in [0.4, 0.5) is 0 Å². The Morgan fingerprint density at radius 2 is 2.30 bits per heavy atom. The maximum absolute atomic E-state index is 11.5. The minimum atomic E-state index is -0.861. The molecule has 0 spiro atoms. The summed E-state index contributed by atoms with van der Waals surface area (Å²) in [5.41, 5.74) is 1.78. The Morgan fingerprint density at radius 3 is 3.03 bits per heavy atom. The van der Waals surface area contributed by atoms with Crippen molar-refractivity contribution in [2.45, 2.75) is 32.0 Å². The molecule has 0 saturated carbocycles. The molecule has 158 valence electrons. The van der Waals surface area contributed by atoms with Crippen LogP contribution in [0.2, 0.25) is 0 Å². The van der Waals surface area contributed by atoms with Crippen molar-refractivity contribution in [1.82, 2.24) is 9.88 Å². The fourth-order valence-corrected chi connectivity index (χ4v) is 4.34. The highest BCUT2D eigenvalue weighted by atomic mass is 32.1. The van der Waals surface area contributed by atoms with Gasteiger partial charge in [0.05, 0.1) is 13.2 Å². The fourth-order valence-electron chi connectivity index (χ4n) is 3.60. The third-order valence-corrected chi connectivity index (χ3v) is 6.04. The SMILES string of the molecule is Cc1ocnc1C(Cc1cccs1)Oc1cccc(CN2CCOCC2C(=O)O)c1. The zero-order chi connectivity index (χ0) is 20.9. The molecular formula is C22H24N2O5S. The Labute approximate surface area is 178 Å². The maximum Gasteiger partial charge on any atom is 0.323 e. The number of aromatic nitrogens is 1. The first-order valence-corrected chi connectivity index (χ1v) is 10.7. The van der Waals surface area contributed by atoms with Crippen molar-refractivity contribution in [3.05, 3.63) is 70.1 Å². The van der Waals surface area contributed by atoms with Crippen molar-refractivity contribution in [2.24, 2.45) is 0 Å². The van der Waals surface area contributed by atoms with Crippen LogP contribution >= 0.6 is 11.3 Å². The van der Waals surface area contributed by atoms with Gasteiger partial charge in [-0.2, -0.15) is 0 Å². The molecule has 30 heavy (non-hydrogen) atoms. The molecular weight excluding hydrogens is 404 g/mol. The Morgan fingerprint density at radius 1 is 1.40 bits per heavy atom. The number of oxazole rings is 1. The van der Waals surface area contributed by atoms with Crippen LogP contribution in [-0.4, -0.2) is 46.8 Å². The average molecular weight is 429 g/mol. The van der Waals surface area contributed by atoms with E-state index in [0.29, 0.717) is 26.1 Å². The second-order valence-electron chi connectivity index (χ2n) is 7.23. The highest BCUT2D eigenvalue weighted by Gasteiger charge is 2.29. The second kappa shape index (κ2) is 9.42. The summed E-state index contributed by atoms with van der Waals surface area (Å²) in [6, 6.07) is 11.3. The minimum Gasteiger partial charge on any atom is -0.484 e. The third-order valence-electron chi connectivity index (χ3n) is 5.14. The molecule has 2 unspecified atom stereocenters. The van der Waals surface area contributed by atoms with Crippen molar-refractivity contribution < 1.29 is 23.8 Å². The van der Waals surface area contributed by atoms with Gasteiger partial charge in [0.1, 0.15) is 29.3 Å². The molecule has 7 nitrogen and oxygen atoms in total. The lowest BCUT2D eigenvalue weighted by Crippen LogP contribution is -2.49. The van der Waals surface area contributed by atoms with E-state index < -0.39 is 12.0 Å². The summed E-state index contributed by atoms with van der Waals surface area (Å²) in [7, 11) is 0. The van der Waals surface area contributed by atoms with Crippen LogP contribution in [0.5, 0.6) is 5.75 Å². The summed E-state index contributed by atoms with van der Waals surface area (Å²) < 4.78 is 17.1. The van der Waals surface area contributed by atoms with E-state index in [4.69, 9.17) is 13.9 Å². The molecule has 2 atom stereocenters. The molecule has 1 aliphatic heterocycles. The third kappa shape index (κ3) is 4.89. The summed E-state index contributed by atoms with van der Waals surface area (Å²) in [5, 5.41) is 11.5. The standard InChI is InChI=1S/C22H24N2O5S/c1-15-21(23-14-28-15)20(11-18-6-3-9-30-18)29-17-5-2-4-16(10-17)12-24-7-8-27-13-19(24)22(25)26/h2-6,9-10,14,19-20H,7-8,11-13H2,1H3,(H,25,26). The summed E-state index contributed by atoms with van der Waals surface area (Å²) in [6.07, 6.45) is 1.86. The smallest absolute Gasteiger partial charge is 0.323 e. The van der Waals surface area contributed by atoms with Crippen LogP contribution in [-0.2, 0) is 22.5 Å². The van der Waals surface area contributed by atoms with E-state index in [1.165, 1.54) is 11.3 Å². The number of thiophene rings is 1. The number of hydrogen-bond acceptors (Lipinski definition) is 7. The average Bonchev–Trinajstić information content (AvgIpc) is 3.39. The summed E-state index contributed by atoms with van der Waals surface area (Å²) in [4.78, 5) is 19.0. The van der Waals surface area contributed by atoms with Crippen molar-refractivity contribution in [2.75, 3.05) is 19.8 Å². The van der Waals surface area contributed by atoms with E-state index in [-0.39, 0.29) is 12.7 Å². The molecule has 0 amide bonds. The van der Waals surface area contributed by atoms with Crippen LogP contribution in [0.25, 0.3) is 0 Å². The second-order valence-corrected chi connectivity index (χ2v) is 8.26. The summed E-state index contributed by atoms with van der Waals surface area (Å²) >= 11 is 1.68. The Hall–Kier alpha value is -2.68. The lowest BCUT2D eigenvalue weighted by atomic mass is 10.1. The van der Waals surface area contributed by atoms with Gasteiger partial charge in [-0.05, 0) is 36.1 Å². The van der Waals surface area contributed by atoms with Gasteiger partial charge in [-0.25, -0.2) is 4.98 Å². The number of aryl methyl sites for hydroxylation is 1. The van der Waals surface area contributed by atoms with Gasteiger partial charge in [-0.1, -0.05) is 18.2 Å². The zero-order valence-electron chi connectivity index (χ0n) is 16.7. The number of carboxylic acid groups (broad SMARTS) is 1. The number of carboxylic acids is 1. The number of ether oxygens (including phenoxy) is 2. The quantitative estimate of drug-likeness (QED) is 0.586. The predicted octanol–water partition coefficient (Wildman–Crippen LogP) is 3.69. The molecule has 1 aromatic carbocycles. The number of morpholine rings is 1. The van der Waals surface area contributed by atoms with Gasteiger partial charge >= 0.3 is 5.97 Å². The van der Waals surface area contributed by atoms with Crippen LogP contribution < -0.4 is 4.74 Å². The van der Waals surface area contributed by atoms with Crippen molar-refractivity contribution >= 4 is 17.3 Å². The van der Waals surface area contributed by atoms with E-state index >= 15 is 0 Å². The van der Waals surface area contributed by atoms with Crippen molar-refractivity contribution in [1.29, 1.82) is 0 Å². The molecule has 2 aromatic heterocycles. The van der Waals surface area contributed by atoms with Gasteiger partial charge in [0.15, 0.2) is 6.39 Å². The lowest BCUT2D eigenvalue weighted by molar-refractivity contribution is -0.150. The molecule has 0 aliphatic carbocycles. The summed E-state index contributed by atoms with van der Waals surface area (Å²) in [6.45, 7) is 3.74. The monoisotopic (exact) mass is 428 g/mol. The first kappa shape index (κ1) is 20.6. The zero-order valence-corrected chi connectivity index (χ0v) is 17.5. The normalized spacial score (nSPS) is 18.2. The highest BCUT2D eigenvalue weighted by Crippen LogP contribution is 2.29. The Bertz CT molecular complexity index is 972. The number of aliphatic carboxylic acids is 1. The molecule has 1 fully saturated rings. The number of carbonyl (C=O) groups is 1. The Kier molecular flexibility index (Phi) is 6.47. The topological polar surface area (TPSA) is 85.0 Å². The van der Waals surface area contributed by atoms with Gasteiger partial charge in [0, 0.05) is 24.4 Å². The molecule has 4 rings (SSSR count). The predicted molar refractivity (Wildman–Crippen MR) is 112 cm³/mol. The van der Waals surface area contributed by atoms with Crippen molar-refractivity contribution in [3.8, 4) is 5.75 Å². The number of rotatable bonds is 8. The molecule has 8 heteroatoms. The molecule has 1 aliphatic rings. The van der Waals surface area contributed by atoms with E-state index in [2.05, 4.69) is 11.1 Å². The molecule has 3 aromatic rings. The largest absolute Gasteiger partial charge is 0.484 e. The van der Waals surface area contributed by atoms with Crippen LogP contribution in [0.3, 0.4) is 0 Å². The van der Waals surface area contributed by atoms with Crippen LogP contribution in [0, 0.1) is 6.92 Å². The van der Waals surface area contributed by atoms with E-state index in [1.807, 2.05) is 47.5 Å². The van der Waals surface area contributed by atoms with Gasteiger partial charge in [-0.15, -0.1) is 11.3 Å². The molecule has 1 N–H and O–H groups in total.